The van der Waals surface area contributed by atoms with Crippen molar-refractivity contribution < 1.29 is 19.4 Å². The Hall–Kier alpha value is -0.650. The van der Waals surface area contributed by atoms with E-state index in [-0.39, 0.29) is 26.4 Å². The Morgan fingerprint density at radius 3 is 2.73 bits per heavy atom. The number of aliphatic hydroxyl groups excluding tert-OH is 1. The van der Waals surface area contributed by atoms with Crippen molar-refractivity contribution in [3.8, 4) is 0 Å². The molecule has 5 heteroatoms. The maximum atomic E-state index is 10.6. The van der Waals surface area contributed by atoms with Crippen molar-refractivity contribution in [3.63, 3.8) is 0 Å². The molecular formula is C6H13NO4. The first-order chi connectivity index (χ1) is 5.31. The molecule has 3 N–H and O–H groups in total. The van der Waals surface area contributed by atoms with E-state index in [1.54, 1.807) is 0 Å². The number of aliphatic hydroxyl groups is 1. The summed E-state index contributed by atoms with van der Waals surface area (Å²) in [5, 5.41) is 8.26. The van der Waals surface area contributed by atoms with E-state index in [1.165, 1.54) is 0 Å². The van der Waals surface area contributed by atoms with Crippen molar-refractivity contribution in [2.45, 2.75) is 0 Å². The summed E-state index contributed by atoms with van der Waals surface area (Å²) < 4.78 is 9.24. The average Bonchev–Trinajstić information content (AvgIpc) is 2.01. The first-order valence-corrected chi connectivity index (χ1v) is 3.35. The SMILES string of the molecule is NCCOC(=O)COCCO. The van der Waals surface area contributed by atoms with Crippen LogP contribution in [0.5, 0.6) is 0 Å². The molecule has 0 bridgehead atoms. The van der Waals surface area contributed by atoms with Crippen LogP contribution in [0.2, 0.25) is 0 Å². The van der Waals surface area contributed by atoms with E-state index in [1.807, 2.05) is 0 Å². The van der Waals surface area contributed by atoms with E-state index in [0.717, 1.165) is 0 Å². The second-order valence-electron chi connectivity index (χ2n) is 1.79. The van der Waals surface area contributed by atoms with E-state index >= 15 is 0 Å². The molecule has 66 valence electrons. The number of rotatable bonds is 6. The monoisotopic (exact) mass is 163 g/mol. The Morgan fingerprint density at radius 1 is 1.45 bits per heavy atom. The van der Waals surface area contributed by atoms with Gasteiger partial charge in [-0.25, -0.2) is 4.79 Å². The fourth-order valence-electron chi connectivity index (χ4n) is 0.434. The number of ether oxygens (including phenoxy) is 2. The molecule has 0 aromatic rings. The number of hydrogen-bond acceptors (Lipinski definition) is 5. The van der Waals surface area contributed by atoms with Gasteiger partial charge >= 0.3 is 5.97 Å². The zero-order valence-electron chi connectivity index (χ0n) is 6.28. The third-order valence-electron chi connectivity index (χ3n) is 0.836. The van der Waals surface area contributed by atoms with Gasteiger partial charge in [0.05, 0.1) is 13.2 Å². The minimum absolute atomic E-state index is 0.0931. The molecule has 0 saturated heterocycles. The molecule has 0 saturated carbocycles. The summed E-state index contributed by atoms with van der Waals surface area (Å²) in [6.07, 6.45) is 0. The van der Waals surface area contributed by atoms with Gasteiger partial charge in [-0.3, -0.25) is 0 Å². The van der Waals surface area contributed by atoms with Gasteiger partial charge in [0.2, 0.25) is 0 Å². The van der Waals surface area contributed by atoms with Crippen molar-refractivity contribution in [3.05, 3.63) is 0 Å². The Bertz CT molecular complexity index is 107. The van der Waals surface area contributed by atoms with Crippen LogP contribution in [0.3, 0.4) is 0 Å². The normalized spacial score (nSPS) is 9.64. The first kappa shape index (κ1) is 10.3. The van der Waals surface area contributed by atoms with Gasteiger partial charge in [0, 0.05) is 6.54 Å². The third kappa shape index (κ3) is 7.24. The number of nitrogens with two attached hydrogens (primary N) is 1. The molecule has 0 aromatic carbocycles. The average molecular weight is 163 g/mol. The highest BCUT2D eigenvalue weighted by atomic mass is 16.6. The van der Waals surface area contributed by atoms with E-state index in [9.17, 15) is 4.79 Å². The molecule has 0 spiro atoms. The molecule has 11 heavy (non-hydrogen) atoms. The van der Waals surface area contributed by atoms with E-state index in [4.69, 9.17) is 10.8 Å². The summed E-state index contributed by atoms with van der Waals surface area (Å²) in [6, 6.07) is 0. The van der Waals surface area contributed by atoms with Crippen LogP contribution < -0.4 is 5.73 Å². The lowest BCUT2D eigenvalue weighted by Gasteiger charge is -2.02. The van der Waals surface area contributed by atoms with Crippen LogP contribution in [-0.2, 0) is 14.3 Å². The third-order valence-corrected chi connectivity index (χ3v) is 0.836. The van der Waals surface area contributed by atoms with Crippen LogP contribution in [0.15, 0.2) is 0 Å². The fraction of sp³-hybridized carbons (Fsp3) is 0.833. The summed E-state index contributed by atoms with van der Waals surface area (Å²) in [6.45, 7) is 0.454. The summed E-state index contributed by atoms with van der Waals surface area (Å²) in [5.41, 5.74) is 5.07. The molecule has 0 rings (SSSR count). The van der Waals surface area contributed by atoms with Crippen LogP contribution in [0.4, 0.5) is 0 Å². The quantitative estimate of drug-likeness (QED) is 0.368. The molecule has 0 aliphatic heterocycles. The standard InChI is InChI=1S/C6H13NO4/c7-1-3-11-6(9)5-10-4-2-8/h8H,1-5,7H2. The van der Waals surface area contributed by atoms with E-state index in [0.29, 0.717) is 6.54 Å². The molecule has 0 aliphatic rings. The van der Waals surface area contributed by atoms with Gasteiger partial charge < -0.3 is 20.3 Å². The molecule has 0 aliphatic carbocycles. The van der Waals surface area contributed by atoms with Crippen LogP contribution in [-0.4, -0.2) is 44.0 Å². The summed E-state index contributed by atoms with van der Waals surface area (Å²) in [4.78, 5) is 10.6. The minimum Gasteiger partial charge on any atom is -0.463 e. The lowest BCUT2D eigenvalue weighted by Crippen LogP contribution is -2.18. The van der Waals surface area contributed by atoms with Crippen LogP contribution >= 0.6 is 0 Å². The number of esters is 1. The van der Waals surface area contributed by atoms with E-state index < -0.39 is 5.97 Å². The smallest absolute Gasteiger partial charge is 0.332 e. The van der Waals surface area contributed by atoms with Gasteiger partial charge in [-0.2, -0.15) is 0 Å². The molecule has 0 atom stereocenters. The minimum atomic E-state index is -0.455. The van der Waals surface area contributed by atoms with Crippen LogP contribution in [0.25, 0.3) is 0 Å². The summed E-state index contributed by atoms with van der Waals surface area (Å²) in [7, 11) is 0. The van der Waals surface area contributed by atoms with Gasteiger partial charge in [0.1, 0.15) is 13.2 Å². The molecular weight excluding hydrogens is 150 g/mol. The Morgan fingerprint density at radius 2 is 2.18 bits per heavy atom. The van der Waals surface area contributed by atoms with Gasteiger partial charge in [0.25, 0.3) is 0 Å². The molecule has 0 amide bonds. The van der Waals surface area contributed by atoms with Gasteiger partial charge in [0.15, 0.2) is 0 Å². The zero-order chi connectivity index (χ0) is 8.53. The molecule has 0 fully saturated rings. The lowest BCUT2D eigenvalue weighted by atomic mass is 10.6. The fourth-order valence-corrected chi connectivity index (χ4v) is 0.434. The molecule has 0 aromatic heterocycles. The molecule has 5 nitrogen and oxygen atoms in total. The lowest BCUT2D eigenvalue weighted by molar-refractivity contribution is -0.148. The van der Waals surface area contributed by atoms with Crippen molar-refractivity contribution >= 4 is 5.97 Å². The molecule has 0 heterocycles. The second-order valence-corrected chi connectivity index (χ2v) is 1.79. The highest BCUT2D eigenvalue weighted by molar-refractivity contribution is 5.70. The van der Waals surface area contributed by atoms with Crippen molar-refractivity contribution in [1.29, 1.82) is 0 Å². The number of hydrogen-bond donors (Lipinski definition) is 2. The topological polar surface area (TPSA) is 81.8 Å². The largest absolute Gasteiger partial charge is 0.463 e. The Labute approximate surface area is 65.1 Å². The molecule has 0 radical (unpaired) electrons. The van der Waals surface area contributed by atoms with Gasteiger partial charge in [-0.05, 0) is 0 Å². The molecule has 0 unspecified atom stereocenters. The van der Waals surface area contributed by atoms with Crippen LogP contribution in [0, 0.1) is 0 Å². The highest BCUT2D eigenvalue weighted by Gasteiger charge is 2.00. The first-order valence-electron chi connectivity index (χ1n) is 3.35. The maximum Gasteiger partial charge on any atom is 0.332 e. The van der Waals surface area contributed by atoms with Gasteiger partial charge in [-0.15, -0.1) is 0 Å². The van der Waals surface area contributed by atoms with E-state index in [2.05, 4.69) is 9.47 Å². The maximum absolute atomic E-state index is 10.6. The van der Waals surface area contributed by atoms with Crippen molar-refractivity contribution in [1.82, 2.24) is 0 Å². The predicted octanol–water partition coefficient (Wildman–Crippen LogP) is -1.50. The van der Waals surface area contributed by atoms with Gasteiger partial charge in [-0.1, -0.05) is 0 Å². The number of carbonyl (C=O) groups excluding carboxylic acids is 1. The van der Waals surface area contributed by atoms with Crippen molar-refractivity contribution in [2.75, 3.05) is 33.0 Å². The second kappa shape index (κ2) is 7.46. The summed E-state index contributed by atoms with van der Waals surface area (Å²) in [5.74, 6) is -0.455. The predicted molar refractivity (Wildman–Crippen MR) is 37.9 cm³/mol. The number of carbonyl (C=O) groups is 1. The Balaban J connectivity index is 3.09. The summed E-state index contributed by atoms with van der Waals surface area (Å²) >= 11 is 0. The Kier molecular flexibility index (Phi) is 7.02. The van der Waals surface area contributed by atoms with Crippen molar-refractivity contribution in [2.24, 2.45) is 5.73 Å². The zero-order valence-corrected chi connectivity index (χ0v) is 6.28. The van der Waals surface area contributed by atoms with Crippen LogP contribution in [0.1, 0.15) is 0 Å². The highest BCUT2D eigenvalue weighted by Crippen LogP contribution is 1.79.